The van der Waals surface area contributed by atoms with Crippen molar-refractivity contribution in [2.75, 3.05) is 40.5 Å². The van der Waals surface area contributed by atoms with E-state index >= 15 is 0 Å². The van der Waals surface area contributed by atoms with Gasteiger partial charge in [0.05, 0.1) is 6.61 Å². The Labute approximate surface area is 128 Å². The van der Waals surface area contributed by atoms with Crippen molar-refractivity contribution in [1.29, 1.82) is 0 Å². The molecule has 1 heterocycles. The van der Waals surface area contributed by atoms with Crippen molar-refractivity contribution < 1.29 is 14.3 Å². The molecular formula is C13H18Cl2N2O3. The van der Waals surface area contributed by atoms with Crippen molar-refractivity contribution >= 4 is 29.1 Å². The number of ether oxygens (including phenoxy) is 2. The van der Waals surface area contributed by atoms with Gasteiger partial charge in [-0.15, -0.1) is 0 Å². The van der Waals surface area contributed by atoms with E-state index in [9.17, 15) is 4.79 Å². The lowest BCUT2D eigenvalue weighted by Crippen LogP contribution is -2.35. The van der Waals surface area contributed by atoms with E-state index in [1.54, 1.807) is 19.1 Å². The molecule has 0 saturated heterocycles. The zero-order valence-corrected chi connectivity index (χ0v) is 13.1. The number of methoxy groups -OCH3 is 2. The van der Waals surface area contributed by atoms with Crippen LogP contribution in [0.4, 0.5) is 0 Å². The van der Waals surface area contributed by atoms with Crippen molar-refractivity contribution in [2.45, 2.75) is 6.42 Å². The summed E-state index contributed by atoms with van der Waals surface area (Å²) < 4.78 is 10.0. The highest BCUT2D eigenvalue weighted by molar-refractivity contribution is 6.33. The van der Waals surface area contributed by atoms with E-state index in [1.165, 1.54) is 12.1 Å². The second kappa shape index (κ2) is 9.13. The third-order valence-corrected chi connectivity index (χ3v) is 3.03. The molecule has 20 heavy (non-hydrogen) atoms. The SMILES string of the molecule is COCCCN(CCOC)C(=O)c1cc(Cl)nc(Cl)c1. The second-order valence-corrected chi connectivity index (χ2v) is 4.91. The van der Waals surface area contributed by atoms with Crippen molar-refractivity contribution in [3.8, 4) is 0 Å². The van der Waals surface area contributed by atoms with Crippen molar-refractivity contribution in [2.24, 2.45) is 0 Å². The van der Waals surface area contributed by atoms with Gasteiger partial charge in [-0.3, -0.25) is 4.79 Å². The van der Waals surface area contributed by atoms with Crippen LogP contribution in [0.1, 0.15) is 16.8 Å². The van der Waals surface area contributed by atoms with Gasteiger partial charge in [0, 0.05) is 39.5 Å². The Morgan fingerprint density at radius 2 is 1.75 bits per heavy atom. The number of hydrogen-bond donors (Lipinski definition) is 0. The fourth-order valence-electron chi connectivity index (χ4n) is 1.69. The molecule has 0 N–H and O–H groups in total. The highest BCUT2D eigenvalue weighted by Crippen LogP contribution is 2.16. The van der Waals surface area contributed by atoms with Gasteiger partial charge in [0.1, 0.15) is 10.3 Å². The highest BCUT2D eigenvalue weighted by atomic mass is 35.5. The topological polar surface area (TPSA) is 51.7 Å². The lowest BCUT2D eigenvalue weighted by Gasteiger charge is -2.22. The Bertz CT molecular complexity index is 423. The molecule has 0 aromatic carbocycles. The Kier molecular flexibility index (Phi) is 7.84. The molecule has 0 saturated carbocycles. The van der Waals surface area contributed by atoms with Gasteiger partial charge >= 0.3 is 0 Å². The summed E-state index contributed by atoms with van der Waals surface area (Å²) in [6.07, 6.45) is 0.749. The molecule has 1 rings (SSSR count). The first-order valence-electron chi connectivity index (χ1n) is 6.18. The first-order valence-corrected chi connectivity index (χ1v) is 6.94. The molecule has 5 nitrogen and oxygen atoms in total. The summed E-state index contributed by atoms with van der Waals surface area (Å²) >= 11 is 11.6. The largest absolute Gasteiger partial charge is 0.385 e. The van der Waals surface area contributed by atoms with Gasteiger partial charge in [-0.1, -0.05) is 23.2 Å². The maximum absolute atomic E-state index is 12.4. The van der Waals surface area contributed by atoms with Crippen LogP contribution < -0.4 is 0 Å². The molecular weight excluding hydrogens is 303 g/mol. The Morgan fingerprint density at radius 3 is 2.30 bits per heavy atom. The predicted octanol–water partition coefficient (Wildman–Crippen LogP) is 2.51. The average Bonchev–Trinajstić information content (AvgIpc) is 2.41. The molecule has 1 aromatic heterocycles. The van der Waals surface area contributed by atoms with Gasteiger partial charge in [0.15, 0.2) is 0 Å². The quantitative estimate of drug-likeness (QED) is 0.545. The third kappa shape index (κ3) is 5.63. The summed E-state index contributed by atoms with van der Waals surface area (Å²) in [6, 6.07) is 3.01. The van der Waals surface area contributed by atoms with E-state index in [2.05, 4.69) is 4.98 Å². The van der Waals surface area contributed by atoms with Gasteiger partial charge in [-0.2, -0.15) is 0 Å². The summed E-state index contributed by atoms with van der Waals surface area (Å²) in [7, 11) is 3.22. The molecule has 0 radical (unpaired) electrons. The minimum absolute atomic E-state index is 0.149. The monoisotopic (exact) mass is 320 g/mol. The van der Waals surface area contributed by atoms with Gasteiger partial charge in [-0.05, 0) is 18.6 Å². The Hall–Kier alpha value is -0.880. The fourth-order valence-corrected chi connectivity index (χ4v) is 2.15. The minimum Gasteiger partial charge on any atom is -0.385 e. The number of hydrogen-bond acceptors (Lipinski definition) is 4. The summed E-state index contributed by atoms with van der Waals surface area (Å²) in [5, 5.41) is 0.397. The maximum Gasteiger partial charge on any atom is 0.254 e. The Balaban J connectivity index is 2.79. The number of pyridine rings is 1. The maximum atomic E-state index is 12.4. The van der Waals surface area contributed by atoms with Crippen LogP contribution >= 0.6 is 23.2 Å². The molecule has 0 spiro atoms. The smallest absolute Gasteiger partial charge is 0.254 e. The minimum atomic E-state index is -0.149. The predicted molar refractivity (Wildman–Crippen MR) is 78.5 cm³/mol. The lowest BCUT2D eigenvalue weighted by molar-refractivity contribution is 0.0674. The zero-order chi connectivity index (χ0) is 15.0. The van der Waals surface area contributed by atoms with E-state index in [0.717, 1.165) is 6.42 Å². The summed E-state index contributed by atoms with van der Waals surface area (Å²) in [4.78, 5) is 17.9. The van der Waals surface area contributed by atoms with Crippen LogP contribution in [0.15, 0.2) is 12.1 Å². The van der Waals surface area contributed by atoms with Crippen molar-refractivity contribution in [3.63, 3.8) is 0 Å². The normalized spacial score (nSPS) is 10.6. The van der Waals surface area contributed by atoms with Gasteiger partial charge in [0.25, 0.3) is 5.91 Å². The van der Waals surface area contributed by atoms with E-state index in [1.807, 2.05) is 0 Å². The second-order valence-electron chi connectivity index (χ2n) is 4.13. The Morgan fingerprint density at radius 1 is 1.15 bits per heavy atom. The average molecular weight is 321 g/mol. The molecule has 0 fully saturated rings. The molecule has 0 unspecified atom stereocenters. The van der Waals surface area contributed by atoms with Crippen LogP contribution in [0.3, 0.4) is 0 Å². The molecule has 1 amide bonds. The van der Waals surface area contributed by atoms with E-state index < -0.39 is 0 Å². The number of nitrogens with zero attached hydrogens (tertiary/aromatic N) is 2. The lowest BCUT2D eigenvalue weighted by atomic mass is 10.2. The van der Waals surface area contributed by atoms with Crippen LogP contribution in [0.25, 0.3) is 0 Å². The molecule has 0 aliphatic rings. The van der Waals surface area contributed by atoms with Crippen LogP contribution in [0.2, 0.25) is 10.3 Å². The molecule has 112 valence electrons. The first-order chi connectivity index (χ1) is 9.58. The van der Waals surface area contributed by atoms with Gasteiger partial charge < -0.3 is 14.4 Å². The molecule has 0 atom stereocenters. The molecule has 0 bridgehead atoms. The van der Waals surface area contributed by atoms with E-state index in [0.29, 0.717) is 31.9 Å². The third-order valence-electron chi connectivity index (χ3n) is 2.64. The summed E-state index contributed by atoms with van der Waals surface area (Å²) in [5.74, 6) is -0.149. The van der Waals surface area contributed by atoms with Crippen LogP contribution in [-0.4, -0.2) is 56.3 Å². The number of halogens is 2. The number of rotatable bonds is 8. The highest BCUT2D eigenvalue weighted by Gasteiger charge is 2.16. The first kappa shape index (κ1) is 17.2. The molecule has 0 aliphatic heterocycles. The summed E-state index contributed by atoms with van der Waals surface area (Å²) in [5.41, 5.74) is 0.420. The zero-order valence-electron chi connectivity index (χ0n) is 11.6. The van der Waals surface area contributed by atoms with Crippen LogP contribution in [-0.2, 0) is 9.47 Å². The molecule has 0 aliphatic carbocycles. The van der Waals surface area contributed by atoms with Crippen LogP contribution in [0.5, 0.6) is 0 Å². The molecule has 7 heteroatoms. The number of aromatic nitrogens is 1. The van der Waals surface area contributed by atoms with E-state index in [4.69, 9.17) is 32.7 Å². The molecule has 1 aromatic rings. The number of amides is 1. The van der Waals surface area contributed by atoms with Gasteiger partial charge in [-0.25, -0.2) is 4.98 Å². The standard InChI is InChI=1S/C13H18Cl2N2O3/c1-19-6-3-4-17(5-7-20-2)13(18)10-8-11(14)16-12(15)9-10/h8-9H,3-7H2,1-2H3. The van der Waals surface area contributed by atoms with Crippen molar-refractivity contribution in [1.82, 2.24) is 9.88 Å². The van der Waals surface area contributed by atoms with Crippen molar-refractivity contribution in [3.05, 3.63) is 28.0 Å². The van der Waals surface area contributed by atoms with Gasteiger partial charge in [0.2, 0.25) is 0 Å². The fraction of sp³-hybridized carbons (Fsp3) is 0.538. The summed E-state index contributed by atoms with van der Waals surface area (Å²) in [6.45, 7) is 2.13. The number of carbonyl (C=O) groups excluding carboxylic acids is 1. The number of carbonyl (C=O) groups is 1. The van der Waals surface area contributed by atoms with E-state index in [-0.39, 0.29) is 16.2 Å². The van der Waals surface area contributed by atoms with Crippen LogP contribution in [0, 0.1) is 0 Å².